The van der Waals surface area contributed by atoms with E-state index in [1.165, 1.54) is 24.3 Å². The largest absolute Gasteiger partial charge is 0.484 e. The summed E-state index contributed by atoms with van der Waals surface area (Å²) in [6, 6.07) is 12.6. The Morgan fingerprint density at radius 3 is 2.62 bits per heavy atom. The van der Waals surface area contributed by atoms with Crippen molar-refractivity contribution >= 4 is 23.0 Å². The van der Waals surface area contributed by atoms with Crippen LogP contribution in [0.25, 0.3) is 0 Å². The van der Waals surface area contributed by atoms with Crippen LogP contribution in [0.3, 0.4) is 0 Å². The first kappa shape index (κ1) is 16.9. The predicted molar refractivity (Wildman–Crippen MR) is 89.8 cm³/mol. The van der Waals surface area contributed by atoms with E-state index in [1.807, 2.05) is 6.07 Å². The Bertz CT molecular complexity index is 772. The summed E-state index contributed by atoms with van der Waals surface area (Å²) in [7, 11) is 0. The average Bonchev–Trinajstić information content (AvgIpc) is 2.58. The Labute approximate surface area is 138 Å². The molecule has 0 heterocycles. The molecule has 0 saturated carbocycles. The van der Waals surface area contributed by atoms with Crippen LogP contribution >= 0.6 is 0 Å². The molecular weight excluding hydrogens is 312 g/mol. The fraction of sp³-hybridized carbons (Fsp3) is 0.125. The fourth-order valence-corrected chi connectivity index (χ4v) is 1.82. The topological polar surface area (TPSA) is 120 Å². The molecule has 0 aliphatic rings. The number of nitrogen functional groups attached to an aromatic ring is 1. The molecule has 2 aromatic carbocycles. The molecular formula is C16H16N4O4. The van der Waals surface area contributed by atoms with E-state index in [0.717, 1.165) is 5.56 Å². The van der Waals surface area contributed by atoms with Gasteiger partial charge in [0.15, 0.2) is 6.61 Å². The Morgan fingerprint density at radius 1 is 1.29 bits per heavy atom. The maximum absolute atomic E-state index is 11.7. The summed E-state index contributed by atoms with van der Waals surface area (Å²) in [6.07, 6.45) is 0. The van der Waals surface area contributed by atoms with Crippen molar-refractivity contribution in [3.63, 3.8) is 0 Å². The van der Waals surface area contributed by atoms with Crippen LogP contribution in [-0.4, -0.2) is 23.1 Å². The maximum atomic E-state index is 11.7. The van der Waals surface area contributed by atoms with E-state index in [2.05, 4.69) is 10.5 Å². The number of carbonyl (C=O) groups is 1. The number of benzene rings is 2. The van der Waals surface area contributed by atoms with Crippen molar-refractivity contribution in [2.24, 2.45) is 5.10 Å². The van der Waals surface area contributed by atoms with Crippen molar-refractivity contribution in [3.05, 3.63) is 64.2 Å². The molecule has 0 aliphatic carbocycles. The van der Waals surface area contributed by atoms with E-state index in [4.69, 9.17) is 10.5 Å². The number of nitro benzene ring substituents is 1. The normalized spacial score (nSPS) is 11.0. The van der Waals surface area contributed by atoms with Crippen molar-refractivity contribution in [1.29, 1.82) is 0 Å². The van der Waals surface area contributed by atoms with E-state index in [-0.39, 0.29) is 12.3 Å². The smallest absolute Gasteiger partial charge is 0.277 e. The molecule has 3 N–H and O–H groups in total. The Kier molecular flexibility index (Phi) is 5.45. The predicted octanol–water partition coefficient (Wildman–Crippen LogP) is 2.10. The van der Waals surface area contributed by atoms with Crippen molar-refractivity contribution < 1.29 is 14.5 Å². The molecule has 0 radical (unpaired) electrons. The van der Waals surface area contributed by atoms with Crippen LogP contribution in [0.4, 0.5) is 11.4 Å². The van der Waals surface area contributed by atoms with Gasteiger partial charge in [-0.05, 0) is 36.8 Å². The zero-order valence-electron chi connectivity index (χ0n) is 12.9. The first-order chi connectivity index (χ1) is 11.5. The van der Waals surface area contributed by atoms with E-state index < -0.39 is 10.8 Å². The quantitative estimate of drug-likeness (QED) is 0.364. The molecule has 2 aromatic rings. The summed E-state index contributed by atoms with van der Waals surface area (Å²) in [5.41, 5.74) is 10.0. The van der Waals surface area contributed by atoms with Crippen LogP contribution in [0.1, 0.15) is 12.5 Å². The van der Waals surface area contributed by atoms with E-state index in [9.17, 15) is 14.9 Å². The van der Waals surface area contributed by atoms with Crippen molar-refractivity contribution in [2.45, 2.75) is 6.92 Å². The molecule has 124 valence electrons. The molecule has 8 heteroatoms. The van der Waals surface area contributed by atoms with Crippen LogP contribution in [0.15, 0.2) is 53.6 Å². The first-order valence-corrected chi connectivity index (χ1v) is 7.02. The third-order valence-electron chi connectivity index (χ3n) is 3.07. The van der Waals surface area contributed by atoms with Crippen LogP contribution in [0, 0.1) is 10.1 Å². The Morgan fingerprint density at radius 2 is 2.00 bits per heavy atom. The van der Waals surface area contributed by atoms with Crippen LogP contribution in [0.2, 0.25) is 0 Å². The van der Waals surface area contributed by atoms with Crippen molar-refractivity contribution in [2.75, 3.05) is 12.3 Å². The number of non-ortho nitro benzene ring substituents is 1. The number of amides is 1. The summed E-state index contributed by atoms with van der Waals surface area (Å²) in [4.78, 5) is 21.8. The fourth-order valence-electron chi connectivity index (χ4n) is 1.82. The zero-order valence-corrected chi connectivity index (χ0v) is 12.9. The van der Waals surface area contributed by atoms with E-state index in [1.54, 1.807) is 25.1 Å². The number of nitrogens with zero attached hydrogens (tertiary/aromatic N) is 2. The highest BCUT2D eigenvalue weighted by Crippen LogP contribution is 2.17. The van der Waals surface area contributed by atoms with Gasteiger partial charge in [-0.2, -0.15) is 5.10 Å². The molecule has 2 rings (SSSR count). The number of rotatable bonds is 6. The van der Waals surface area contributed by atoms with Gasteiger partial charge in [-0.1, -0.05) is 12.1 Å². The second kappa shape index (κ2) is 7.73. The molecule has 0 atom stereocenters. The number of nitro groups is 1. The van der Waals surface area contributed by atoms with Gasteiger partial charge in [-0.15, -0.1) is 0 Å². The molecule has 24 heavy (non-hydrogen) atoms. The van der Waals surface area contributed by atoms with E-state index in [0.29, 0.717) is 17.1 Å². The number of anilines is 1. The van der Waals surface area contributed by atoms with Gasteiger partial charge < -0.3 is 10.5 Å². The van der Waals surface area contributed by atoms with Gasteiger partial charge in [0.1, 0.15) is 5.75 Å². The van der Waals surface area contributed by atoms with Crippen molar-refractivity contribution in [3.8, 4) is 5.75 Å². The van der Waals surface area contributed by atoms with Crippen LogP contribution in [0.5, 0.6) is 5.75 Å². The lowest BCUT2D eigenvalue weighted by Gasteiger charge is -2.06. The standard InChI is InChI=1S/C16H16N4O4/c1-11(12-3-2-4-13(17)9-12)18-19-16(21)10-24-15-7-5-14(6-8-15)20(22)23/h2-9H,10,17H2,1H3,(H,19,21)/b18-11-. The summed E-state index contributed by atoms with van der Waals surface area (Å²) >= 11 is 0. The molecule has 0 fully saturated rings. The van der Waals surface area contributed by atoms with Crippen LogP contribution in [-0.2, 0) is 4.79 Å². The lowest BCUT2D eigenvalue weighted by Crippen LogP contribution is -2.25. The van der Waals surface area contributed by atoms with Gasteiger partial charge in [0.05, 0.1) is 10.6 Å². The zero-order chi connectivity index (χ0) is 17.5. The first-order valence-electron chi connectivity index (χ1n) is 7.02. The molecule has 0 aromatic heterocycles. The minimum atomic E-state index is -0.510. The second-order valence-electron chi connectivity index (χ2n) is 4.90. The van der Waals surface area contributed by atoms with Gasteiger partial charge in [0, 0.05) is 17.8 Å². The molecule has 0 spiro atoms. The van der Waals surface area contributed by atoms with Crippen molar-refractivity contribution in [1.82, 2.24) is 5.43 Å². The summed E-state index contributed by atoms with van der Waals surface area (Å²) in [6.45, 7) is 1.48. The summed E-state index contributed by atoms with van der Waals surface area (Å²) < 4.78 is 5.24. The summed E-state index contributed by atoms with van der Waals surface area (Å²) in [5.74, 6) is -0.0936. The SMILES string of the molecule is C/C(=N/NC(=O)COc1ccc([N+](=O)[O-])cc1)c1cccc(N)c1. The van der Waals surface area contributed by atoms with Gasteiger partial charge in [0.2, 0.25) is 0 Å². The molecule has 0 unspecified atom stereocenters. The second-order valence-corrected chi connectivity index (χ2v) is 4.90. The molecule has 0 aliphatic heterocycles. The third kappa shape index (κ3) is 4.80. The van der Waals surface area contributed by atoms with Crippen LogP contribution < -0.4 is 15.9 Å². The number of carbonyl (C=O) groups excluding carboxylic acids is 1. The number of hydrogen-bond donors (Lipinski definition) is 2. The minimum absolute atomic E-state index is 0.0471. The minimum Gasteiger partial charge on any atom is -0.484 e. The number of nitrogens with two attached hydrogens (primary N) is 1. The lowest BCUT2D eigenvalue weighted by atomic mass is 10.1. The maximum Gasteiger partial charge on any atom is 0.277 e. The number of nitrogens with one attached hydrogen (secondary N) is 1. The number of hydrazone groups is 1. The number of hydrogen-bond acceptors (Lipinski definition) is 6. The van der Waals surface area contributed by atoms with Gasteiger partial charge >= 0.3 is 0 Å². The Hall–Kier alpha value is -3.42. The molecule has 1 amide bonds. The summed E-state index contributed by atoms with van der Waals surface area (Å²) in [5, 5.41) is 14.5. The monoisotopic (exact) mass is 328 g/mol. The molecule has 0 saturated heterocycles. The molecule has 8 nitrogen and oxygen atoms in total. The highest BCUT2D eigenvalue weighted by Gasteiger charge is 2.06. The highest BCUT2D eigenvalue weighted by molar-refractivity contribution is 5.99. The van der Waals surface area contributed by atoms with Gasteiger partial charge in [-0.3, -0.25) is 14.9 Å². The highest BCUT2D eigenvalue weighted by atomic mass is 16.6. The average molecular weight is 328 g/mol. The van der Waals surface area contributed by atoms with E-state index >= 15 is 0 Å². The number of ether oxygens (including phenoxy) is 1. The van der Waals surface area contributed by atoms with Gasteiger partial charge in [0.25, 0.3) is 11.6 Å². The van der Waals surface area contributed by atoms with Gasteiger partial charge in [-0.25, -0.2) is 5.43 Å². The third-order valence-corrected chi connectivity index (χ3v) is 3.07. The Balaban J connectivity index is 1.87. The molecule has 0 bridgehead atoms. The lowest BCUT2D eigenvalue weighted by molar-refractivity contribution is -0.384.